The second-order valence-corrected chi connectivity index (χ2v) is 11.6. The minimum atomic E-state index is -0.481. The minimum Gasteiger partial charge on any atom is -0.465 e. The number of unbranched alkanes of at least 4 members (excludes halogenated alkanes) is 4. The number of hydrogen-bond acceptors (Lipinski definition) is 8. The Kier molecular flexibility index (Phi) is 13.5. The maximum Gasteiger partial charge on any atom is 0.337 e. The van der Waals surface area contributed by atoms with Gasteiger partial charge in [0.1, 0.15) is 0 Å². The van der Waals surface area contributed by atoms with Crippen molar-refractivity contribution in [1.29, 1.82) is 0 Å². The van der Waals surface area contributed by atoms with Crippen molar-refractivity contribution in [2.24, 2.45) is 0 Å². The number of rotatable bonds is 14. The Morgan fingerprint density at radius 3 is 1.77 bits per heavy atom. The highest BCUT2D eigenvalue weighted by Crippen LogP contribution is 2.27. The Morgan fingerprint density at radius 1 is 0.682 bits per heavy atom. The molecule has 1 aliphatic carbocycles. The number of amides is 2. The summed E-state index contributed by atoms with van der Waals surface area (Å²) >= 11 is 0. The van der Waals surface area contributed by atoms with Crippen LogP contribution in [0.5, 0.6) is 0 Å². The molecular formula is C34H48N4O6. The number of methoxy groups -OCH3 is 2. The van der Waals surface area contributed by atoms with Gasteiger partial charge in [-0.2, -0.15) is 0 Å². The fourth-order valence-corrected chi connectivity index (χ4v) is 6.01. The van der Waals surface area contributed by atoms with E-state index in [1.165, 1.54) is 63.5 Å². The van der Waals surface area contributed by atoms with E-state index in [2.05, 4.69) is 25.4 Å². The maximum absolute atomic E-state index is 12.6. The summed E-state index contributed by atoms with van der Waals surface area (Å²) in [5, 5.41) is 0. The van der Waals surface area contributed by atoms with Gasteiger partial charge in [-0.25, -0.2) is 4.79 Å². The number of benzene rings is 2. The number of nitrogens with one attached hydrogen (secondary N) is 2. The molecule has 2 fully saturated rings. The molecule has 0 unspecified atom stereocenters. The van der Waals surface area contributed by atoms with Gasteiger partial charge in [-0.05, 0) is 87.1 Å². The number of anilines is 1. The summed E-state index contributed by atoms with van der Waals surface area (Å²) in [5.41, 5.74) is 7.06. The van der Waals surface area contributed by atoms with Crippen LogP contribution in [0.3, 0.4) is 0 Å². The van der Waals surface area contributed by atoms with E-state index in [9.17, 15) is 14.4 Å². The van der Waals surface area contributed by atoms with Gasteiger partial charge in [0, 0.05) is 69.4 Å². The van der Waals surface area contributed by atoms with Gasteiger partial charge in [0.25, 0.3) is 11.8 Å². The number of ether oxygens (including phenoxy) is 3. The van der Waals surface area contributed by atoms with E-state index in [0.717, 1.165) is 70.8 Å². The lowest BCUT2D eigenvalue weighted by Gasteiger charge is -2.42. The third-order valence-corrected chi connectivity index (χ3v) is 8.67. The molecule has 0 radical (unpaired) electrons. The van der Waals surface area contributed by atoms with Crippen LogP contribution in [0, 0.1) is 0 Å². The van der Waals surface area contributed by atoms with Gasteiger partial charge in [-0.3, -0.25) is 25.3 Å². The van der Waals surface area contributed by atoms with Crippen LogP contribution in [-0.2, 0) is 14.2 Å². The highest BCUT2D eigenvalue weighted by Gasteiger charge is 2.28. The first-order chi connectivity index (χ1) is 21.5. The first-order valence-electron chi connectivity index (χ1n) is 16.0. The Morgan fingerprint density at radius 2 is 1.20 bits per heavy atom. The molecular weight excluding hydrogens is 560 g/mol. The van der Waals surface area contributed by atoms with E-state index in [4.69, 9.17) is 9.47 Å². The van der Waals surface area contributed by atoms with Crippen molar-refractivity contribution in [3.63, 3.8) is 0 Å². The molecule has 2 amide bonds. The Labute approximate surface area is 261 Å². The Hall–Kier alpha value is -3.47. The Balaban J connectivity index is 1.11. The van der Waals surface area contributed by atoms with Crippen LogP contribution >= 0.6 is 0 Å². The zero-order valence-electron chi connectivity index (χ0n) is 26.2. The lowest BCUT2D eigenvalue weighted by molar-refractivity contribution is 0.00473. The predicted octanol–water partition coefficient (Wildman–Crippen LogP) is 4.59. The topological polar surface area (TPSA) is 109 Å². The number of hydrazine groups is 1. The molecule has 1 heterocycles. The molecule has 1 saturated heterocycles. The maximum atomic E-state index is 12.6. The van der Waals surface area contributed by atoms with Crippen molar-refractivity contribution in [2.45, 2.75) is 69.9 Å². The molecule has 0 aromatic heterocycles. The molecule has 4 rings (SSSR count). The molecule has 2 aliphatic rings. The number of carbonyl (C=O) groups excluding carboxylic acids is 3. The summed E-state index contributed by atoms with van der Waals surface area (Å²) in [7, 11) is 3.06. The highest BCUT2D eigenvalue weighted by molar-refractivity contribution is 5.99. The van der Waals surface area contributed by atoms with Gasteiger partial charge in [0.2, 0.25) is 0 Å². The minimum absolute atomic E-state index is 0.310. The van der Waals surface area contributed by atoms with Crippen molar-refractivity contribution < 1.29 is 28.6 Å². The fraction of sp³-hybridized carbons (Fsp3) is 0.559. The number of hydrogen-bond donors (Lipinski definition) is 2. The molecule has 44 heavy (non-hydrogen) atoms. The summed E-state index contributed by atoms with van der Waals surface area (Å²) in [5.74, 6) is -1.37. The summed E-state index contributed by atoms with van der Waals surface area (Å²) in [6.45, 7) is 5.74. The third-order valence-electron chi connectivity index (χ3n) is 8.67. The van der Waals surface area contributed by atoms with Crippen molar-refractivity contribution in [3.05, 3.63) is 65.2 Å². The van der Waals surface area contributed by atoms with Crippen LogP contribution in [0.2, 0.25) is 0 Å². The van der Waals surface area contributed by atoms with Crippen molar-refractivity contribution in [1.82, 2.24) is 15.8 Å². The SMILES string of the molecule is COCCCCCCCOC1CCC(N2CCN(c3ccc(C(=O)NNC(=O)c4ccc(C(=O)OC)cc4)cc3)CC2)CC1. The monoisotopic (exact) mass is 608 g/mol. The quantitative estimate of drug-likeness (QED) is 0.182. The number of carbonyl (C=O) groups is 3. The second-order valence-electron chi connectivity index (χ2n) is 11.6. The number of nitrogens with zero attached hydrogens (tertiary/aromatic N) is 2. The van der Waals surface area contributed by atoms with Crippen LogP contribution < -0.4 is 15.8 Å². The summed E-state index contributed by atoms with van der Waals surface area (Å²) in [6.07, 6.45) is 11.2. The van der Waals surface area contributed by atoms with Crippen LogP contribution in [0.4, 0.5) is 5.69 Å². The lowest BCUT2D eigenvalue weighted by atomic mass is 9.91. The van der Waals surface area contributed by atoms with Crippen molar-refractivity contribution >= 4 is 23.5 Å². The molecule has 0 atom stereocenters. The van der Waals surface area contributed by atoms with Crippen molar-refractivity contribution in [2.75, 3.05) is 58.5 Å². The van der Waals surface area contributed by atoms with E-state index in [1.807, 2.05) is 12.1 Å². The normalized spacial score (nSPS) is 18.9. The van der Waals surface area contributed by atoms with Gasteiger partial charge in [-0.1, -0.05) is 19.3 Å². The molecule has 0 spiro atoms. The molecule has 1 aliphatic heterocycles. The second kappa shape index (κ2) is 17.7. The molecule has 1 saturated carbocycles. The standard InChI is InChI=1S/C34H48N4O6/c1-42-24-6-4-3-5-7-25-44-31-18-16-30(17-19-31)38-22-20-37(21-23-38)29-14-12-27(13-15-29)33(40)36-35-32(39)26-8-10-28(11-9-26)34(41)43-2/h8-15,30-31H,3-7,16-25H2,1-2H3,(H,35,39)(H,36,40). The molecule has 10 heteroatoms. The van der Waals surface area contributed by atoms with Crippen LogP contribution in [0.15, 0.2) is 48.5 Å². The van der Waals surface area contributed by atoms with Gasteiger partial charge in [-0.15, -0.1) is 0 Å². The molecule has 10 nitrogen and oxygen atoms in total. The smallest absolute Gasteiger partial charge is 0.337 e. The summed E-state index contributed by atoms with van der Waals surface area (Å²) in [6, 6.07) is 14.1. The van der Waals surface area contributed by atoms with Crippen molar-refractivity contribution in [3.8, 4) is 0 Å². The van der Waals surface area contributed by atoms with E-state index in [1.54, 1.807) is 19.2 Å². The van der Waals surface area contributed by atoms with Crippen LogP contribution in [-0.4, -0.2) is 88.4 Å². The van der Waals surface area contributed by atoms with E-state index in [-0.39, 0.29) is 0 Å². The Bertz CT molecular complexity index is 1170. The third kappa shape index (κ3) is 10.0. The van der Waals surface area contributed by atoms with Gasteiger partial charge < -0.3 is 19.1 Å². The zero-order valence-corrected chi connectivity index (χ0v) is 26.2. The van der Waals surface area contributed by atoms with E-state index >= 15 is 0 Å². The number of piperazine rings is 1. The van der Waals surface area contributed by atoms with Gasteiger partial charge in [0.15, 0.2) is 0 Å². The zero-order chi connectivity index (χ0) is 31.1. The van der Waals surface area contributed by atoms with Gasteiger partial charge in [0.05, 0.1) is 18.8 Å². The van der Waals surface area contributed by atoms with Gasteiger partial charge >= 0.3 is 5.97 Å². The molecule has 240 valence electrons. The molecule has 2 aromatic rings. The molecule has 2 N–H and O–H groups in total. The first kappa shape index (κ1) is 33.4. The summed E-state index contributed by atoms with van der Waals surface area (Å²) < 4.78 is 16.0. The average Bonchev–Trinajstić information content (AvgIpc) is 3.08. The van der Waals surface area contributed by atoms with Crippen LogP contribution in [0.25, 0.3) is 0 Å². The molecule has 0 bridgehead atoms. The van der Waals surface area contributed by atoms with E-state index < -0.39 is 17.8 Å². The predicted molar refractivity (Wildman–Crippen MR) is 170 cm³/mol. The highest BCUT2D eigenvalue weighted by atomic mass is 16.5. The molecule has 2 aromatic carbocycles. The average molecular weight is 609 g/mol. The fourth-order valence-electron chi connectivity index (χ4n) is 6.01. The largest absolute Gasteiger partial charge is 0.465 e. The van der Waals surface area contributed by atoms with Crippen LogP contribution in [0.1, 0.15) is 88.9 Å². The first-order valence-corrected chi connectivity index (χ1v) is 16.0. The van der Waals surface area contributed by atoms with E-state index in [0.29, 0.717) is 28.8 Å². The lowest BCUT2D eigenvalue weighted by Crippen LogP contribution is -2.51. The number of esters is 1. The summed E-state index contributed by atoms with van der Waals surface area (Å²) in [4.78, 5) is 41.5.